The molecule has 0 saturated heterocycles. The first-order chi connectivity index (χ1) is 11.2. The SMILES string of the molecule is CC(C)(C)OC(=O)Nc1nc2n(n1)C(c1cc(F)cc(F)c1)CC2. The number of nitrogens with one attached hydrogen (secondary N) is 1. The van der Waals surface area contributed by atoms with Gasteiger partial charge in [0.15, 0.2) is 0 Å². The van der Waals surface area contributed by atoms with Gasteiger partial charge in [0.05, 0.1) is 6.04 Å². The third-order valence-corrected chi connectivity index (χ3v) is 3.52. The summed E-state index contributed by atoms with van der Waals surface area (Å²) in [6, 6.07) is 3.08. The summed E-state index contributed by atoms with van der Waals surface area (Å²) in [7, 11) is 0. The molecule has 1 atom stereocenters. The molecule has 0 spiro atoms. The van der Waals surface area contributed by atoms with Crippen LogP contribution in [0.3, 0.4) is 0 Å². The van der Waals surface area contributed by atoms with E-state index in [0.717, 1.165) is 6.07 Å². The number of hydrogen-bond donors (Lipinski definition) is 1. The number of aromatic nitrogens is 3. The number of amides is 1. The predicted molar refractivity (Wildman–Crippen MR) is 82.7 cm³/mol. The van der Waals surface area contributed by atoms with Crippen LogP contribution in [-0.2, 0) is 11.2 Å². The first kappa shape index (κ1) is 16.4. The Morgan fingerprint density at radius 1 is 1.29 bits per heavy atom. The molecule has 2 heterocycles. The molecule has 24 heavy (non-hydrogen) atoms. The third-order valence-electron chi connectivity index (χ3n) is 3.52. The van der Waals surface area contributed by atoms with Crippen molar-refractivity contribution in [2.24, 2.45) is 0 Å². The van der Waals surface area contributed by atoms with Crippen molar-refractivity contribution in [1.29, 1.82) is 0 Å². The zero-order valence-electron chi connectivity index (χ0n) is 13.6. The molecular weight excluding hydrogens is 318 g/mol. The van der Waals surface area contributed by atoms with Crippen molar-refractivity contribution in [3.63, 3.8) is 0 Å². The van der Waals surface area contributed by atoms with Crippen LogP contribution in [0.2, 0.25) is 0 Å². The van der Waals surface area contributed by atoms with Gasteiger partial charge in [-0.15, -0.1) is 5.10 Å². The molecule has 128 valence electrons. The molecular formula is C16H18F2N4O2. The van der Waals surface area contributed by atoms with Gasteiger partial charge in [0.1, 0.15) is 23.1 Å². The number of benzene rings is 1. The van der Waals surface area contributed by atoms with Crippen LogP contribution in [0.25, 0.3) is 0 Å². The average Bonchev–Trinajstić information content (AvgIpc) is 2.94. The lowest BCUT2D eigenvalue weighted by Gasteiger charge is -2.18. The molecule has 2 aromatic rings. The van der Waals surface area contributed by atoms with E-state index in [9.17, 15) is 13.6 Å². The summed E-state index contributed by atoms with van der Waals surface area (Å²) in [5.41, 5.74) is -0.145. The molecule has 1 aromatic carbocycles. The van der Waals surface area contributed by atoms with E-state index >= 15 is 0 Å². The van der Waals surface area contributed by atoms with Crippen molar-refractivity contribution in [3.05, 3.63) is 41.2 Å². The monoisotopic (exact) mass is 336 g/mol. The topological polar surface area (TPSA) is 69.0 Å². The number of carbonyl (C=O) groups excluding carboxylic acids is 1. The number of rotatable bonds is 2. The highest BCUT2D eigenvalue weighted by Gasteiger charge is 2.28. The van der Waals surface area contributed by atoms with Gasteiger partial charge in [-0.2, -0.15) is 4.98 Å². The normalized spacial score (nSPS) is 16.8. The first-order valence-electron chi connectivity index (χ1n) is 7.63. The van der Waals surface area contributed by atoms with Gasteiger partial charge in [0.2, 0.25) is 0 Å². The number of carbonyl (C=O) groups is 1. The quantitative estimate of drug-likeness (QED) is 0.912. The van der Waals surface area contributed by atoms with Crippen molar-refractivity contribution >= 4 is 12.0 Å². The van der Waals surface area contributed by atoms with E-state index in [0.29, 0.717) is 24.2 Å². The number of aryl methyl sites for hydroxylation is 1. The van der Waals surface area contributed by atoms with Crippen LogP contribution in [0, 0.1) is 11.6 Å². The molecule has 1 aromatic heterocycles. The van der Waals surface area contributed by atoms with E-state index in [1.807, 2.05) is 0 Å². The van der Waals surface area contributed by atoms with Crippen LogP contribution in [0.5, 0.6) is 0 Å². The predicted octanol–water partition coefficient (Wildman–Crippen LogP) is 3.44. The lowest BCUT2D eigenvalue weighted by molar-refractivity contribution is 0.0634. The van der Waals surface area contributed by atoms with Crippen molar-refractivity contribution < 1.29 is 18.3 Å². The molecule has 8 heteroatoms. The van der Waals surface area contributed by atoms with Crippen LogP contribution < -0.4 is 5.32 Å². The highest BCUT2D eigenvalue weighted by Crippen LogP contribution is 2.31. The third kappa shape index (κ3) is 3.52. The number of nitrogens with zero attached hydrogens (tertiary/aromatic N) is 3. The van der Waals surface area contributed by atoms with E-state index in [2.05, 4.69) is 15.4 Å². The molecule has 0 saturated carbocycles. The maximum atomic E-state index is 13.4. The highest BCUT2D eigenvalue weighted by molar-refractivity contribution is 5.82. The number of anilines is 1. The molecule has 0 fully saturated rings. The maximum absolute atomic E-state index is 13.4. The Morgan fingerprint density at radius 2 is 1.96 bits per heavy atom. The standard InChI is InChI=1S/C16H18F2N4O2/c1-16(2,3)24-15(23)20-14-19-13-5-4-12(22(13)21-14)9-6-10(17)8-11(18)7-9/h6-8,12H,4-5H2,1-3H3,(H,20,21,23). The summed E-state index contributed by atoms with van der Waals surface area (Å²) >= 11 is 0. The Hall–Kier alpha value is -2.51. The lowest BCUT2D eigenvalue weighted by atomic mass is 10.0. The number of hydrogen-bond acceptors (Lipinski definition) is 4. The molecule has 1 N–H and O–H groups in total. The highest BCUT2D eigenvalue weighted by atomic mass is 19.1. The van der Waals surface area contributed by atoms with E-state index in [1.165, 1.54) is 12.1 Å². The van der Waals surface area contributed by atoms with Crippen molar-refractivity contribution in [2.75, 3.05) is 5.32 Å². The molecule has 0 bridgehead atoms. The zero-order chi connectivity index (χ0) is 17.5. The first-order valence-corrected chi connectivity index (χ1v) is 7.63. The van der Waals surface area contributed by atoms with E-state index in [1.54, 1.807) is 25.5 Å². The van der Waals surface area contributed by atoms with Gasteiger partial charge in [0, 0.05) is 12.5 Å². The molecule has 0 radical (unpaired) electrons. The second-order valence-corrected chi connectivity index (χ2v) is 6.68. The number of fused-ring (bicyclic) bond motifs is 1. The van der Waals surface area contributed by atoms with Crippen LogP contribution >= 0.6 is 0 Å². The van der Waals surface area contributed by atoms with Crippen LogP contribution in [0.15, 0.2) is 18.2 Å². The molecule has 1 aliphatic heterocycles. The van der Waals surface area contributed by atoms with E-state index in [-0.39, 0.29) is 12.0 Å². The van der Waals surface area contributed by atoms with Gasteiger partial charge in [-0.25, -0.2) is 18.3 Å². The van der Waals surface area contributed by atoms with Gasteiger partial charge in [-0.1, -0.05) is 0 Å². The molecule has 1 amide bonds. The average molecular weight is 336 g/mol. The van der Waals surface area contributed by atoms with Gasteiger partial charge >= 0.3 is 6.09 Å². The Morgan fingerprint density at radius 3 is 2.58 bits per heavy atom. The van der Waals surface area contributed by atoms with Crippen LogP contribution in [0.4, 0.5) is 19.5 Å². The summed E-state index contributed by atoms with van der Waals surface area (Å²) in [5.74, 6) is -0.507. The van der Waals surface area contributed by atoms with Crippen molar-refractivity contribution in [3.8, 4) is 0 Å². The second kappa shape index (κ2) is 5.85. The van der Waals surface area contributed by atoms with Crippen molar-refractivity contribution in [2.45, 2.75) is 45.3 Å². The lowest BCUT2D eigenvalue weighted by Crippen LogP contribution is -2.27. The largest absolute Gasteiger partial charge is 0.444 e. The Balaban J connectivity index is 1.80. The Kier molecular flexibility index (Phi) is 3.98. The van der Waals surface area contributed by atoms with Gasteiger partial charge in [-0.3, -0.25) is 5.32 Å². The Bertz CT molecular complexity index is 763. The van der Waals surface area contributed by atoms with Gasteiger partial charge < -0.3 is 4.74 Å². The molecule has 1 unspecified atom stereocenters. The number of ether oxygens (including phenoxy) is 1. The van der Waals surface area contributed by atoms with E-state index in [4.69, 9.17) is 4.74 Å². The summed E-state index contributed by atoms with van der Waals surface area (Å²) < 4.78 is 33.6. The Labute approximate surface area is 137 Å². The van der Waals surface area contributed by atoms with Crippen LogP contribution in [-0.4, -0.2) is 26.5 Å². The van der Waals surface area contributed by atoms with E-state index < -0.39 is 23.3 Å². The molecule has 1 aliphatic rings. The summed E-state index contributed by atoms with van der Waals surface area (Å²) in [6.07, 6.45) is 0.594. The molecule has 3 rings (SSSR count). The summed E-state index contributed by atoms with van der Waals surface area (Å²) in [6.45, 7) is 5.26. The fourth-order valence-electron chi connectivity index (χ4n) is 2.69. The zero-order valence-corrected chi connectivity index (χ0v) is 13.6. The summed E-state index contributed by atoms with van der Waals surface area (Å²) in [5, 5.41) is 6.70. The van der Waals surface area contributed by atoms with Crippen LogP contribution in [0.1, 0.15) is 44.6 Å². The van der Waals surface area contributed by atoms with Crippen molar-refractivity contribution in [1.82, 2.24) is 14.8 Å². The molecule has 6 nitrogen and oxygen atoms in total. The minimum absolute atomic E-state index is 0.112. The van der Waals surface area contributed by atoms with Gasteiger partial charge in [-0.05, 0) is 44.9 Å². The smallest absolute Gasteiger partial charge is 0.414 e. The fraction of sp³-hybridized carbons (Fsp3) is 0.438. The molecule has 0 aliphatic carbocycles. The number of halogens is 2. The minimum Gasteiger partial charge on any atom is -0.444 e. The minimum atomic E-state index is -0.653. The van der Waals surface area contributed by atoms with Gasteiger partial charge in [0.25, 0.3) is 5.95 Å². The second-order valence-electron chi connectivity index (χ2n) is 6.68. The maximum Gasteiger partial charge on any atom is 0.414 e. The summed E-state index contributed by atoms with van der Waals surface area (Å²) in [4.78, 5) is 16.0. The fourth-order valence-corrected chi connectivity index (χ4v) is 2.69.